The summed E-state index contributed by atoms with van der Waals surface area (Å²) in [6.45, 7) is -0.0496. The summed E-state index contributed by atoms with van der Waals surface area (Å²) in [4.78, 5) is 11.9. The number of carbonyl (C=O) groups excluding carboxylic acids is 1. The number of halogens is 2. The number of nitrogens with one attached hydrogen (secondary N) is 1. The molecule has 0 aliphatic heterocycles. The molecule has 0 spiro atoms. The molecule has 0 aliphatic rings. The molecule has 6 heteroatoms. The van der Waals surface area contributed by atoms with Crippen molar-refractivity contribution in [1.29, 1.82) is 0 Å². The summed E-state index contributed by atoms with van der Waals surface area (Å²) in [5, 5.41) is 2.54. The van der Waals surface area contributed by atoms with Gasteiger partial charge in [0.15, 0.2) is 0 Å². The van der Waals surface area contributed by atoms with Crippen molar-refractivity contribution in [2.24, 2.45) is 0 Å². The topological polar surface area (TPSA) is 64.3 Å². The van der Waals surface area contributed by atoms with Gasteiger partial charge in [0.25, 0.3) is 5.91 Å². The molecule has 0 saturated heterocycles. The lowest BCUT2D eigenvalue weighted by atomic mass is 10.1. The molecule has 4 nitrogen and oxygen atoms in total. The van der Waals surface area contributed by atoms with Crippen LogP contribution in [-0.4, -0.2) is 13.0 Å². The van der Waals surface area contributed by atoms with Crippen molar-refractivity contribution < 1.29 is 18.3 Å². The fraction of sp³-hybridized carbons (Fsp3) is 0.133. The molecule has 2 aromatic rings. The van der Waals surface area contributed by atoms with E-state index in [4.69, 9.17) is 10.5 Å². The van der Waals surface area contributed by atoms with E-state index < -0.39 is 17.5 Å². The quantitative estimate of drug-likeness (QED) is 0.851. The number of methoxy groups -OCH3 is 1. The minimum atomic E-state index is -0.595. The second kappa shape index (κ2) is 6.21. The first-order valence-electron chi connectivity index (χ1n) is 6.17. The maximum atomic E-state index is 13.7. The van der Waals surface area contributed by atoms with Crippen molar-refractivity contribution in [1.82, 2.24) is 5.32 Å². The van der Waals surface area contributed by atoms with E-state index in [1.165, 1.54) is 31.4 Å². The van der Waals surface area contributed by atoms with E-state index >= 15 is 0 Å². The second-order valence-corrected chi connectivity index (χ2v) is 4.34. The average molecular weight is 292 g/mol. The molecule has 2 aromatic carbocycles. The predicted molar refractivity (Wildman–Crippen MR) is 74.9 cm³/mol. The Morgan fingerprint density at radius 2 is 2.00 bits per heavy atom. The SMILES string of the molecule is COc1cccc(F)c1CNC(=O)c1ccc(F)c(N)c1. The third kappa shape index (κ3) is 3.28. The Bertz CT molecular complexity index is 675. The summed E-state index contributed by atoms with van der Waals surface area (Å²) in [6, 6.07) is 8.03. The van der Waals surface area contributed by atoms with E-state index in [1.54, 1.807) is 6.07 Å². The molecule has 0 aromatic heterocycles. The summed E-state index contributed by atoms with van der Waals surface area (Å²) in [7, 11) is 1.42. The summed E-state index contributed by atoms with van der Waals surface area (Å²) in [5.74, 6) is -1.21. The molecule has 0 bridgehead atoms. The second-order valence-electron chi connectivity index (χ2n) is 4.34. The number of nitrogens with two attached hydrogens (primary N) is 1. The van der Waals surface area contributed by atoms with Crippen LogP contribution in [0.25, 0.3) is 0 Å². The normalized spacial score (nSPS) is 10.2. The number of hydrogen-bond acceptors (Lipinski definition) is 3. The van der Waals surface area contributed by atoms with Crippen LogP contribution in [0.1, 0.15) is 15.9 Å². The van der Waals surface area contributed by atoms with Gasteiger partial charge in [-0.25, -0.2) is 8.78 Å². The number of ether oxygens (including phenoxy) is 1. The van der Waals surface area contributed by atoms with Crippen molar-refractivity contribution in [2.45, 2.75) is 6.54 Å². The highest BCUT2D eigenvalue weighted by atomic mass is 19.1. The summed E-state index contributed by atoms with van der Waals surface area (Å²) < 4.78 is 31.8. The molecule has 0 heterocycles. The monoisotopic (exact) mass is 292 g/mol. The fourth-order valence-electron chi connectivity index (χ4n) is 1.86. The number of benzene rings is 2. The van der Waals surface area contributed by atoms with Gasteiger partial charge in [0, 0.05) is 17.7 Å². The fourth-order valence-corrected chi connectivity index (χ4v) is 1.86. The van der Waals surface area contributed by atoms with E-state index in [-0.39, 0.29) is 23.4 Å². The van der Waals surface area contributed by atoms with Crippen molar-refractivity contribution in [3.8, 4) is 5.75 Å². The Morgan fingerprint density at radius 1 is 1.24 bits per heavy atom. The van der Waals surface area contributed by atoms with Gasteiger partial charge in [-0.15, -0.1) is 0 Å². The zero-order valence-electron chi connectivity index (χ0n) is 11.3. The maximum absolute atomic E-state index is 13.7. The molecular formula is C15H14F2N2O2. The Labute approximate surface area is 120 Å². The maximum Gasteiger partial charge on any atom is 0.251 e. The number of carbonyl (C=O) groups is 1. The van der Waals surface area contributed by atoms with Gasteiger partial charge in [-0.3, -0.25) is 4.79 Å². The van der Waals surface area contributed by atoms with Gasteiger partial charge >= 0.3 is 0 Å². The molecule has 0 atom stereocenters. The highest BCUT2D eigenvalue weighted by Crippen LogP contribution is 2.21. The minimum absolute atomic E-state index is 0.0496. The van der Waals surface area contributed by atoms with Gasteiger partial charge < -0.3 is 15.8 Å². The molecule has 0 radical (unpaired) electrons. The standard InChI is InChI=1S/C15H14F2N2O2/c1-21-14-4-2-3-11(16)10(14)8-19-15(20)9-5-6-12(17)13(18)7-9/h2-7H,8,18H2,1H3,(H,19,20). The van der Waals surface area contributed by atoms with Crippen LogP contribution in [0.15, 0.2) is 36.4 Å². The molecule has 21 heavy (non-hydrogen) atoms. The van der Waals surface area contributed by atoms with Crippen LogP contribution in [0.2, 0.25) is 0 Å². The van der Waals surface area contributed by atoms with Crippen LogP contribution in [-0.2, 0) is 6.54 Å². The predicted octanol–water partition coefficient (Wildman–Crippen LogP) is 2.49. The van der Waals surface area contributed by atoms with E-state index in [0.29, 0.717) is 5.75 Å². The Kier molecular flexibility index (Phi) is 4.37. The molecule has 0 unspecified atom stereocenters. The first-order chi connectivity index (χ1) is 10.0. The molecule has 3 N–H and O–H groups in total. The van der Waals surface area contributed by atoms with Crippen LogP contribution in [0.5, 0.6) is 5.75 Å². The molecular weight excluding hydrogens is 278 g/mol. The van der Waals surface area contributed by atoms with Crippen LogP contribution in [0.3, 0.4) is 0 Å². The van der Waals surface area contributed by atoms with E-state index in [1.807, 2.05) is 0 Å². The van der Waals surface area contributed by atoms with Gasteiger partial charge in [-0.05, 0) is 30.3 Å². The van der Waals surface area contributed by atoms with Crippen LogP contribution >= 0.6 is 0 Å². The highest BCUT2D eigenvalue weighted by molar-refractivity contribution is 5.95. The molecule has 0 saturated carbocycles. The third-order valence-corrected chi connectivity index (χ3v) is 2.98. The molecule has 0 fully saturated rings. The number of nitrogen functional groups attached to an aromatic ring is 1. The molecule has 2 rings (SSSR count). The summed E-state index contributed by atoms with van der Waals surface area (Å²) in [5.41, 5.74) is 5.72. The van der Waals surface area contributed by atoms with Crippen molar-refractivity contribution in [2.75, 3.05) is 12.8 Å². The third-order valence-electron chi connectivity index (χ3n) is 2.98. The first kappa shape index (κ1) is 14.8. The molecule has 0 aliphatic carbocycles. The Hall–Kier alpha value is -2.63. The largest absolute Gasteiger partial charge is 0.496 e. The van der Waals surface area contributed by atoms with E-state index in [9.17, 15) is 13.6 Å². The lowest BCUT2D eigenvalue weighted by Gasteiger charge is -2.11. The van der Waals surface area contributed by atoms with E-state index in [2.05, 4.69) is 5.32 Å². The summed E-state index contributed by atoms with van der Waals surface area (Å²) >= 11 is 0. The lowest BCUT2D eigenvalue weighted by molar-refractivity contribution is 0.0950. The molecule has 1 amide bonds. The van der Waals surface area contributed by atoms with Gasteiger partial charge in [0.05, 0.1) is 12.8 Å². The average Bonchev–Trinajstić information content (AvgIpc) is 2.48. The number of amides is 1. The van der Waals surface area contributed by atoms with Crippen molar-refractivity contribution >= 4 is 11.6 Å². The Morgan fingerprint density at radius 3 is 2.67 bits per heavy atom. The minimum Gasteiger partial charge on any atom is -0.496 e. The first-order valence-corrected chi connectivity index (χ1v) is 6.17. The number of rotatable bonds is 4. The Balaban J connectivity index is 2.13. The highest BCUT2D eigenvalue weighted by Gasteiger charge is 2.12. The van der Waals surface area contributed by atoms with Crippen LogP contribution in [0, 0.1) is 11.6 Å². The van der Waals surface area contributed by atoms with E-state index in [0.717, 1.165) is 6.07 Å². The number of anilines is 1. The van der Waals surface area contributed by atoms with Crippen molar-refractivity contribution in [3.63, 3.8) is 0 Å². The van der Waals surface area contributed by atoms with Gasteiger partial charge in [0.1, 0.15) is 17.4 Å². The lowest BCUT2D eigenvalue weighted by Crippen LogP contribution is -2.23. The smallest absolute Gasteiger partial charge is 0.251 e. The van der Waals surface area contributed by atoms with Crippen LogP contribution in [0.4, 0.5) is 14.5 Å². The number of hydrogen-bond donors (Lipinski definition) is 2. The van der Waals surface area contributed by atoms with Crippen molar-refractivity contribution in [3.05, 3.63) is 59.2 Å². The zero-order chi connectivity index (χ0) is 15.4. The van der Waals surface area contributed by atoms with Gasteiger partial charge in [-0.1, -0.05) is 6.07 Å². The molecule has 110 valence electrons. The summed E-state index contributed by atoms with van der Waals surface area (Å²) in [6.07, 6.45) is 0. The zero-order valence-corrected chi connectivity index (χ0v) is 11.3. The van der Waals surface area contributed by atoms with Gasteiger partial charge in [-0.2, -0.15) is 0 Å². The van der Waals surface area contributed by atoms with Gasteiger partial charge in [0.2, 0.25) is 0 Å². The van der Waals surface area contributed by atoms with Crippen LogP contribution < -0.4 is 15.8 Å².